The number of amides is 4. The maximum absolute atomic E-state index is 12.2. The van der Waals surface area contributed by atoms with Crippen LogP contribution in [0.4, 0.5) is 4.79 Å². The number of halogens is 1. The standard InChI is InChI=1S/C21H20ClN3O5/c1-24(11-15-3-2-4-17(22)9-15)19(27)13-30-20(28)16-7-5-14(6-8-16)12-25-18(26)10-23-21(25)29/h2-9H,10-13H2,1H3,(H,23,29). The van der Waals surface area contributed by atoms with Gasteiger partial charge in [-0.2, -0.15) is 0 Å². The molecule has 0 radical (unpaired) electrons. The molecular formula is C21H20ClN3O5. The van der Waals surface area contributed by atoms with Crippen LogP contribution in [0, 0.1) is 0 Å². The van der Waals surface area contributed by atoms with Crippen LogP contribution >= 0.6 is 11.6 Å². The zero-order valence-electron chi connectivity index (χ0n) is 16.3. The van der Waals surface area contributed by atoms with E-state index in [0.29, 0.717) is 17.1 Å². The average Bonchev–Trinajstić information content (AvgIpc) is 3.04. The van der Waals surface area contributed by atoms with Gasteiger partial charge in [0, 0.05) is 18.6 Å². The van der Waals surface area contributed by atoms with Gasteiger partial charge in [0.2, 0.25) is 5.91 Å². The highest BCUT2D eigenvalue weighted by molar-refractivity contribution is 6.30. The molecule has 2 aromatic carbocycles. The molecular weight excluding hydrogens is 410 g/mol. The van der Waals surface area contributed by atoms with E-state index in [1.807, 2.05) is 6.07 Å². The van der Waals surface area contributed by atoms with Crippen molar-refractivity contribution in [2.75, 3.05) is 20.2 Å². The molecule has 30 heavy (non-hydrogen) atoms. The molecule has 4 amide bonds. The summed E-state index contributed by atoms with van der Waals surface area (Å²) in [5.74, 6) is -1.29. The Kier molecular flexibility index (Phi) is 6.68. The predicted octanol–water partition coefficient (Wildman–Crippen LogP) is 2.21. The van der Waals surface area contributed by atoms with Gasteiger partial charge in [-0.25, -0.2) is 9.59 Å². The van der Waals surface area contributed by atoms with E-state index in [4.69, 9.17) is 16.3 Å². The number of hydrogen-bond donors (Lipinski definition) is 1. The molecule has 2 aromatic rings. The number of rotatable bonds is 7. The minimum absolute atomic E-state index is 0.0109. The molecule has 1 saturated heterocycles. The summed E-state index contributed by atoms with van der Waals surface area (Å²) in [7, 11) is 1.61. The van der Waals surface area contributed by atoms with E-state index in [2.05, 4.69) is 5.32 Å². The number of ether oxygens (including phenoxy) is 1. The second-order valence-electron chi connectivity index (χ2n) is 6.79. The van der Waals surface area contributed by atoms with Crippen molar-refractivity contribution in [1.29, 1.82) is 0 Å². The third-order valence-corrected chi connectivity index (χ3v) is 4.76. The summed E-state index contributed by atoms with van der Waals surface area (Å²) in [6.45, 7) is 0.0599. The molecule has 3 rings (SSSR count). The highest BCUT2D eigenvalue weighted by Gasteiger charge is 2.28. The SMILES string of the molecule is CN(Cc1cccc(Cl)c1)C(=O)COC(=O)c1ccc(CN2C(=O)CNC2=O)cc1. The second kappa shape index (κ2) is 9.41. The Morgan fingerprint density at radius 3 is 2.50 bits per heavy atom. The number of carbonyl (C=O) groups excluding carboxylic acids is 4. The van der Waals surface area contributed by atoms with Gasteiger partial charge in [-0.05, 0) is 35.4 Å². The van der Waals surface area contributed by atoms with Gasteiger partial charge in [-0.15, -0.1) is 0 Å². The Morgan fingerprint density at radius 1 is 1.13 bits per heavy atom. The molecule has 9 heteroatoms. The largest absolute Gasteiger partial charge is 0.452 e. The van der Waals surface area contributed by atoms with Gasteiger partial charge in [-0.1, -0.05) is 35.9 Å². The first-order valence-corrected chi connectivity index (χ1v) is 9.54. The van der Waals surface area contributed by atoms with E-state index in [-0.39, 0.29) is 37.1 Å². The van der Waals surface area contributed by atoms with Crippen molar-refractivity contribution < 1.29 is 23.9 Å². The number of carbonyl (C=O) groups is 4. The van der Waals surface area contributed by atoms with Crippen LogP contribution in [-0.4, -0.2) is 53.8 Å². The smallest absolute Gasteiger partial charge is 0.338 e. The maximum Gasteiger partial charge on any atom is 0.338 e. The van der Waals surface area contributed by atoms with Crippen molar-refractivity contribution in [2.45, 2.75) is 13.1 Å². The lowest BCUT2D eigenvalue weighted by molar-refractivity contribution is -0.133. The van der Waals surface area contributed by atoms with Crippen molar-refractivity contribution in [3.63, 3.8) is 0 Å². The van der Waals surface area contributed by atoms with Gasteiger partial charge >= 0.3 is 12.0 Å². The van der Waals surface area contributed by atoms with Crippen LogP contribution in [0.3, 0.4) is 0 Å². The molecule has 0 bridgehead atoms. The minimum Gasteiger partial charge on any atom is -0.452 e. The summed E-state index contributed by atoms with van der Waals surface area (Å²) in [4.78, 5) is 50.2. The van der Waals surface area contributed by atoms with Crippen LogP contribution in [0.25, 0.3) is 0 Å². The van der Waals surface area contributed by atoms with Gasteiger partial charge in [0.05, 0.1) is 18.7 Å². The number of likely N-dealkylation sites (N-methyl/N-ethyl adjacent to an activating group) is 1. The average molecular weight is 430 g/mol. The molecule has 1 aliphatic heterocycles. The maximum atomic E-state index is 12.2. The number of nitrogens with one attached hydrogen (secondary N) is 1. The van der Waals surface area contributed by atoms with Crippen molar-refractivity contribution in [3.05, 3.63) is 70.2 Å². The zero-order valence-corrected chi connectivity index (χ0v) is 17.0. The van der Waals surface area contributed by atoms with Crippen LogP contribution in [-0.2, 0) is 27.4 Å². The lowest BCUT2D eigenvalue weighted by Gasteiger charge is -2.17. The van der Waals surface area contributed by atoms with E-state index < -0.39 is 12.0 Å². The number of imide groups is 1. The van der Waals surface area contributed by atoms with Crippen LogP contribution < -0.4 is 5.32 Å². The van der Waals surface area contributed by atoms with E-state index in [1.54, 1.807) is 37.4 Å². The Balaban J connectivity index is 1.50. The van der Waals surface area contributed by atoms with Gasteiger partial charge in [0.25, 0.3) is 5.91 Å². The summed E-state index contributed by atoms with van der Waals surface area (Å²) in [6, 6.07) is 13.0. The fourth-order valence-electron chi connectivity index (χ4n) is 2.86. The molecule has 1 heterocycles. The zero-order chi connectivity index (χ0) is 21.7. The quantitative estimate of drug-likeness (QED) is 0.537. The van der Waals surface area contributed by atoms with Gasteiger partial charge < -0.3 is 15.0 Å². The molecule has 1 fully saturated rings. The second-order valence-corrected chi connectivity index (χ2v) is 7.23. The Labute approximate surface area is 178 Å². The minimum atomic E-state index is -0.638. The first kappa shape index (κ1) is 21.3. The van der Waals surface area contributed by atoms with Crippen LogP contribution in [0.5, 0.6) is 0 Å². The highest BCUT2D eigenvalue weighted by atomic mass is 35.5. The van der Waals surface area contributed by atoms with E-state index in [9.17, 15) is 19.2 Å². The summed E-state index contributed by atoms with van der Waals surface area (Å²) in [6.07, 6.45) is 0. The molecule has 0 unspecified atom stereocenters. The lowest BCUT2D eigenvalue weighted by atomic mass is 10.1. The molecule has 1 N–H and O–H groups in total. The van der Waals surface area contributed by atoms with Gasteiger partial charge in [0.1, 0.15) is 0 Å². The highest BCUT2D eigenvalue weighted by Crippen LogP contribution is 2.13. The summed E-state index contributed by atoms with van der Waals surface area (Å²) in [5, 5.41) is 3.03. The van der Waals surface area contributed by atoms with Crippen LogP contribution in [0.2, 0.25) is 5.02 Å². The lowest BCUT2D eigenvalue weighted by Crippen LogP contribution is -2.31. The molecule has 0 atom stereocenters. The monoisotopic (exact) mass is 429 g/mol. The number of nitrogens with zero attached hydrogens (tertiary/aromatic N) is 2. The first-order valence-electron chi connectivity index (χ1n) is 9.16. The summed E-state index contributed by atoms with van der Waals surface area (Å²) >= 11 is 5.94. The van der Waals surface area contributed by atoms with E-state index in [1.165, 1.54) is 17.0 Å². The van der Waals surface area contributed by atoms with E-state index >= 15 is 0 Å². The predicted molar refractivity (Wildman–Crippen MR) is 109 cm³/mol. The summed E-state index contributed by atoms with van der Waals surface area (Å²) in [5.41, 5.74) is 1.82. The number of benzene rings is 2. The van der Waals surface area contributed by atoms with E-state index in [0.717, 1.165) is 10.5 Å². The van der Waals surface area contributed by atoms with Crippen molar-refractivity contribution in [1.82, 2.24) is 15.1 Å². The molecule has 8 nitrogen and oxygen atoms in total. The van der Waals surface area contributed by atoms with Crippen LogP contribution in [0.1, 0.15) is 21.5 Å². The van der Waals surface area contributed by atoms with Gasteiger partial charge in [0.15, 0.2) is 6.61 Å². The Morgan fingerprint density at radius 2 is 1.87 bits per heavy atom. The fraction of sp³-hybridized carbons (Fsp3) is 0.238. The molecule has 156 valence electrons. The van der Waals surface area contributed by atoms with Crippen molar-refractivity contribution >= 4 is 35.4 Å². The molecule has 1 aliphatic rings. The molecule has 0 aliphatic carbocycles. The Bertz CT molecular complexity index is 961. The third kappa shape index (κ3) is 5.36. The molecule has 0 aromatic heterocycles. The normalized spacial score (nSPS) is 13.2. The number of hydrogen-bond acceptors (Lipinski definition) is 5. The Hall–Kier alpha value is -3.39. The molecule has 0 saturated carbocycles. The van der Waals surface area contributed by atoms with Crippen molar-refractivity contribution in [3.8, 4) is 0 Å². The van der Waals surface area contributed by atoms with Crippen LogP contribution in [0.15, 0.2) is 48.5 Å². The third-order valence-electron chi connectivity index (χ3n) is 4.53. The molecule has 0 spiro atoms. The summed E-state index contributed by atoms with van der Waals surface area (Å²) < 4.78 is 5.10. The van der Waals surface area contributed by atoms with Gasteiger partial charge in [-0.3, -0.25) is 14.5 Å². The number of esters is 1. The van der Waals surface area contributed by atoms with Crippen molar-refractivity contribution in [2.24, 2.45) is 0 Å². The topological polar surface area (TPSA) is 96.0 Å². The number of urea groups is 1. The first-order chi connectivity index (χ1) is 14.3. The fourth-order valence-corrected chi connectivity index (χ4v) is 3.08.